The molecule has 3 atom stereocenters. The summed E-state index contributed by atoms with van der Waals surface area (Å²) in [4.78, 5) is 97.9. The predicted octanol–water partition coefficient (Wildman–Crippen LogP) is 0.878. The van der Waals surface area contributed by atoms with Crippen LogP contribution in [0.4, 0.5) is 0 Å². The molecule has 3 heterocycles. The number of nitrogens with one attached hydrogen (secondary N) is 6. The molecule has 0 aromatic rings. The average Bonchev–Trinajstić information content (AvgIpc) is 3.62. The van der Waals surface area contributed by atoms with Crippen LogP contribution in [0.25, 0.3) is 0 Å². The molecular weight excluding hydrogens is 769 g/mol. The highest BCUT2D eigenvalue weighted by Crippen LogP contribution is 2.23. The zero-order chi connectivity index (χ0) is 45.4. The molecule has 60 heavy (non-hydrogen) atoms. The second kappa shape index (κ2) is 20.5. The average molecular weight is 846 g/mol. The van der Waals surface area contributed by atoms with Crippen molar-refractivity contribution >= 4 is 47.2 Å². The van der Waals surface area contributed by atoms with E-state index in [-0.39, 0.29) is 30.8 Å². The van der Waals surface area contributed by atoms with E-state index in [2.05, 4.69) is 55.2 Å². The molecule has 3 rings (SSSR count). The van der Waals surface area contributed by atoms with Gasteiger partial charge in [0.1, 0.15) is 35.2 Å². The van der Waals surface area contributed by atoms with Crippen molar-refractivity contribution in [3.8, 4) is 0 Å². The number of amides is 7. The molecule has 0 unspecified atom stereocenters. The molecule has 0 aliphatic carbocycles. The molecule has 0 aromatic carbocycles. The number of hydrogen-bond acceptors (Lipinski definition) is 9. The second-order valence-corrected chi connectivity index (χ2v) is 20.1. The Bertz CT molecular complexity index is 1630. The maximum Gasteiger partial charge on any atom is 0.248 e. The first-order valence-corrected chi connectivity index (χ1v) is 22.0. The molecule has 17 heteroatoms. The van der Waals surface area contributed by atoms with Gasteiger partial charge in [0.05, 0.1) is 44.2 Å². The Hall–Kier alpha value is -4.28. The number of piperidine rings is 1. The number of rotatable bonds is 19. The summed E-state index contributed by atoms with van der Waals surface area (Å²) in [6, 6.07) is -2.00. The number of carbonyl (C=O) groups excluding carboxylic acids is 7. The van der Waals surface area contributed by atoms with Gasteiger partial charge in [-0.15, -0.1) is 0 Å². The van der Waals surface area contributed by atoms with Gasteiger partial charge in [0.25, 0.3) is 0 Å². The lowest BCUT2D eigenvalue weighted by Crippen LogP contribution is -2.66. The molecule has 0 aromatic heterocycles. The fourth-order valence-electron chi connectivity index (χ4n) is 8.01. The van der Waals surface area contributed by atoms with Crippen LogP contribution < -0.4 is 37.6 Å². The van der Waals surface area contributed by atoms with Crippen LogP contribution in [0.15, 0.2) is 0 Å². The van der Waals surface area contributed by atoms with Crippen molar-refractivity contribution in [2.24, 2.45) is 17.6 Å². The van der Waals surface area contributed by atoms with E-state index < -0.39 is 76.2 Å². The van der Waals surface area contributed by atoms with Crippen LogP contribution in [0.3, 0.4) is 0 Å². The Morgan fingerprint density at radius 2 is 1.33 bits per heavy atom. The summed E-state index contributed by atoms with van der Waals surface area (Å²) in [6.45, 7) is 24.1. The summed E-state index contributed by atoms with van der Waals surface area (Å²) >= 11 is 0. The van der Waals surface area contributed by atoms with E-state index in [9.17, 15) is 33.6 Å². The second-order valence-electron chi connectivity index (χ2n) is 20.1. The molecule has 340 valence electrons. The summed E-state index contributed by atoms with van der Waals surface area (Å²) in [5.74, 6) is -1.92. The Morgan fingerprint density at radius 1 is 0.717 bits per heavy atom. The molecule has 1 saturated heterocycles. The van der Waals surface area contributed by atoms with E-state index >= 15 is 0 Å². The van der Waals surface area contributed by atoms with Crippen LogP contribution in [0.2, 0.25) is 0 Å². The fourth-order valence-corrected chi connectivity index (χ4v) is 8.01. The molecule has 7 amide bonds. The van der Waals surface area contributed by atoms with Gasteiger partial charge in [-0.1, -0.05) is 27.7 Å². The Labute approximate surface area is 357 Å². The molecule has 0 radical (unpaired) electrons. The molecule has 0 saturated carbocycles. The van der Waals surface area contributed by atoms with Crippen LogP contribution in [0.1, 0.15) is 134 Å². The number of nitrogens with two attached hydrogens (primary N) is 1. The molecule has 17 nitrogen and oxygen atoms in total. The van der Waals surface area contributed by atoms with E-state index in [4.69, 9.17) is 5.73 Å². The lowest BCUT2D eigenvalue weighted by atomic mass is 9.94. The molecule has 3 aliphatic rings. The van der Waals surface area contributed by atoms with Gasteiger partial charge >= 0.3 is 0 Å². The van der Waals surface area contributed by atoms with Gasteiger partial charge in [-0.05, 0) is 106 Å². The van der Waals surface area contributed by atoms with Crippen LogP contribution in [-0.2, 0) is 33.6 Å². The quantitative estimate of drug-likeness (QED) is 0.0915. The minimum atomic E-state index is -1.49. The van der Waals surface area contributed by atoms with Crippen molar-refractivity contribution in [1.29, 1.82) is 0 Å². The highest BCUT2D eigenvalue weighted by Gasteiger charge is 2.43. The van der Waals surface area contributed by atoms with Gasteiger partial charge in [-0.2, -0.15) is 0 Å². The topological polar surface area (TPSA) is 227 Å². The summed E-state index contributed by atoms with van der Waals surface area (Å²) in [5, 5.41) is 16.8. The van der Waals surface area contributed by atoms with E-state index in [0.29, 0.717) is 31.7 Å². The maximum atomic E-state index is 13.8. The molecule has 0 spiro atoms. The monoisotopic (exact) mass is 846 g/mol. The van der Waals surface area contributed by atoms with Crippen molar-refractivity contribution in [2.45, 2.75) is 175 Å². The highest BCUT2D eigenvalue weighted by molar-refractivity contribution is 5.99. The minimum absolute atomic E-state index is 0.00919. The van der Waals surface area contributed by atoms with Gasteiger partial charge in [-0.3, -0.25) is 43.0 Å². The molecule has 0 bridgehead atoms. The third-order valence-electron chi connectivity index (χ3n) is 11.3. The third-order valence-corrected chi connectivity index (χ3v) is 11.3. The summed E-state index contributed by atoms with van der Waals surface area (Å²) in [7, 11) is 0. The number of carbonyl (C=O) groups is 7. The van der Waals surface area contributed by atoms with E-state index in [1.807, 2.05) is 13.8 Å². The molecule has 3 aliphatic heterocycles. The minimum Gasteiger partial charge on any atom is -0.347 e. The molecule has 8 N–H and O–H groups in total. The van der Waals surface area contributed by atoms with Gasteiger partial charge in [-0.25, -0.2) is 0 Å². The van der Waals surface area contributed by atoms with Crippen molar-refractivity contribution in [2.75, 3.05) is 39.3 Å². The zero-order valence-corrected chi connectivity index (χ0v) is 38.6. The zero-order valence-electron chi connectivity index (χ0n) is 38.6. The first kappa shape index (κ1) is 50.1. The SMILES string of the molecule is CC(C)C[C@@H](CN1CCC[N+]2=C1CCC2)NC(=O)C(C)(C)NC(=O)[C@H](CC(C)C)NC(=O)CNC(=O)C(C)(C)NC(=O)[C@@H]1CCCCN1C(=O)C(C)(C)NC(=O)C(C)(C)N. The van der Waals surface area contributed by atoms with Gasteiger partial charge < -0.3 is 42.5 Å². The van der Waals surface area contributed by atoms with Crippen LogP contribution in [-0.4, -0.2) is 141 Å². The van der Waals surface area contributed by atoms with Crippen LogP contribution in [0, 0.1) is 11.8 Å². The predicted molar refractivity (Wildman–Crippen MR) is 230 cm³/mol. The summed E-state index contributed by atoms with van der Waals surface area (Å²) in [6.07, 6.45) is 6.04. The third kappa shape index (κ3) is 14.2. The Kier molecular flexibility index (Phi) is 17.1. The first-order chi connectivity index (χ1) is 27.6. The van der Waals surface area contributed by atoms with Gasteiger partial charge in [0.2, 0.25) is 47.2 Å². The summed E-state index contributed by atoms with van der Waals surface area (Å²) < 4.78 is 2.45. The smallest absolute Gasteiger partial charge is 0.248 e. The van der Waals surface area contributed by atoms with Crippen LogP contribution >= 0.6 is 0 Å². The van der Waals surface area contributed by atoms with Crippen molar-refractivity contribution in [3.63, 3.8) is 0 Å². The maximum absolute atomic E-state index is 13.8. The standard InChI is InChI=1S/C43H76N10O7/c1-27(2)23-29(26-52-21-16-20-51-19-15-18-33(51)52)46-38(59)42(9,10)48-34(55)30(24-28(3)4)47-32(54)25-45-37(58)41(7,8)49-35(56)31-17-13-14-22-53(31)39(60)43(11,12)50-36(57)40(5,6)44/h27-31H,13-26,44H2,1-12H3,(H5-,45,46,47,48,49,50,54,55,56,57,58,59)/p+1/t29-,30-,31-/m0/s1. The first-order valence-electron chi connectivity index (χ1n) is 22.0. The van der Waals surface area contributed by atoms with Crippen LogP contribution in [0.5, 0.6) is 0 Å². The lowest BCUT2D eigenvalue weighted by molar-refractivity contribution is -0.530. The van der Waals surface area contributed by atoms with Crippen molar-refractivity contribution < 1.29 is 38.1 Å². The number of hydrogen-bond donors (Lipinski definition) is 7. The number of nitrogens with zero attached hydrogens (tertiary/aromatic N) is 3. The highest BCUT2D eigenvalue weighted by atomic mass is 16.2. The number of likely N-dealkylation sites (tertiary alicyclic amines) is 1. The normalized spacial score (nSPS) is 18.7. The Balaban J connectivity index is 1.60. The van der Waals surface area contributed by atoms with E-state index in [1.54, 1.807) is 27.7 Å². The summed E-state index contributed by atoms with van der Waals surface area (Å²) in [5.41, 5.74) is 0.581. The molecule has 1 fully saturated rings. The number of amidine groups is 1. The molecular formula is C43H77N10O7+. The fraction of sp³-hybridized carbons (Fsp3) is 0.814. The van der Waals surface area contributed by atoms with Crippen molar-refractivity contribution in [1.82, 2.24) is 41.7 Å². The van der Waals surface area contributed by atoms with E-state index in [0.717, 1.165) is 45.3 Å². The van der Waals surface area contributed by atoms with Crippen molar-refractivity contribution in [3.05, 3.63) is 0 Å². The lowest BCUT2D eigenvalue weighted by Gasteiger charge is -2.41. The largest absolute Gasteiger partial charge is 0.347 e. The Morgan fingerprint density at radius 3 is 1.95 bits per heavy atom. The van der Waals surface area contributed by atoms with Gasteiger partial charge in [0.15, 0.2) is 0 Å². The van der Waals surface area contributed by atoms with Gasteiger partial charge in [0, 0.05) is 13.0 Å². The van der Waals surface area contributed by atoms with E-state index in [1.165, 1.54) is 38.4 Å².